The van der Waals surface area contributed by atoms with Gasteiger partial charge >= 0.3 is 0 Å². The van der Waals surface area contributed by atoms with E-state index in [1.165, 1.54) is 0 Å². The summed E-state index contributed by atoms with van der Waals surface area (Å²) >= 11 is 9.14. The van der Waals surface area contributed by atoms with Crippen LogP contribution in [0.3, 0.4) is 0 Å². The predicted octanol–water partition coefficient (Wildman–Crippen LogP) is 2.87. The molecule has 0 atom stereocenters. The Labute approximate surface area is 108 Å². The van der Waals surface area contributed by atoms with Gasteiger partial charge in [-0.25, -0.2) is 0 Å². The summed E-state index contributed by atoms with van der Waals surface area (Å²) in [6, 6.07) is 5.11. The molecule has 0 fully saturated rings. The number of halogens is 2. The van der Waals surface area contributed by atoms with Crippen LogP contribution in [-0.4, -0.2) is 26.2 Å². The first-order chi connectivity index (χ1) is 7.63. The summed E-state index contributed by atoms with van der Waals surface area (Å²) in [5, 5.41) is 3.33. The minimum absolute atomic E-state index is 0.126. The number of ether oxygens (including phenoxy) is 1. The van der Waals surface area contributed by atoms with Crippen LogP contribution in [0.25, 0.3) is 0 Å². The summed E-state index contributed by atoms with van der Waals surface area (Å²) in [5.74, 6) is -0.126. The van der Waals surface area contributed by atoms with Crippen molar-refractivity contribution in [2.45, 2.75) is 6.42 Å². The summed E-state index contributed by atoms with van der Waals surface area (Å²) in [6.07, 6.45) is 0.796. The van der Waals surface area contributed by atoms with Crippen molar-refractivity contribution in [1.29, 1.82) is 0 Å². The van der Waals surface area contributed by atoms with Crippen LogP contribution < -0.4 is 5.32 Å². The summed E-state index contributed by atoms with van der Waals surface area (Å²) in [6.45, 7) is 1.23. The monoisotopic (exact) mass is 305 g/mol. The SMILES string of the molecule is COCCCNC(=O)c1cc(Cl)cc(Br)c1. The minimum atomic E-state index is -0.126. The maximum atomic E-state index is 11.7. The van der Waals surface area contributed by atoms with E-state index in [9.17, 15) is 4.79 Å². The van der Waals surface area contributed by atoms with E-state index in [1.54, 1.807) is 25.3 Å². The van der Waals surface area contributed by atoms with Crippen LogP contribution in [0.2, 0.25) is 5.02 Å². The molecular weight excluding hydrogens is 293 g/mol. The Balaban J connectivity index is 2.52. The van der Waals surface area contributed by atoms with Gasteiger partial charge in [0.1, 0.15) is 0 Å². The van der Waals surface area contributed by atoms with Crippen molar-refractivity contribution < 1.29 is 9.53 Å². The number of rotatable bonds is 5. The van der Waals surface area contributed by atoms with E-state index in [-0.39, 0.29) is 5.91 Å². The number of methoxy groups -OCH3 is 1. The van der Waals surface area contributed by atoms with Gasteiger partial charge in [-0.15, -0.1) is 0 Å². The van der Waals surface area contributed by atoms with E-state index in [1.807, 2.05) is 0 Å². The van der Waals surface area contributed by atoms with Gasteiger partial charge < -0.3 is 10.1 Å². The van der Waals surface area contributed by atoms with Gasteiger partial charge in [0, 0.05) is 35.3 Å². The molecule has 0 aromatic heterocycles. The van der Waals surface area contributed by atoms with Crippen LogP contribution in [-0.2, 0) is 4.74 Å². The van der Waals surface area contributed by atoms with E-state index in [2.05, 4.69) is 21.2 Å². The molecule has 5 heteroatoms. The third-order valence-corrected chi connectivity index (χ3v) is 2.61. The van der Waals surface area contributed by atoms with Crippen LogP contribution in [0, 0.1) is 0 Å². The molecule has 0 heterocycles. The lowest BCUT2D eigenvalue weighted by atomic mass is 10.2. The van der Waals surface area contributed by atoms with E-state index in [0.717, 1.165) is 10.9 Å². The third kappa shape index (κ3) is 4.51. The zero-order valence-electron chi connectivity index (χ0n) is 8.93. The van der Waals surface area contributed by atoms with Gasteiger partial charge in [0.05, 0.1) is 0 Å². The Hall–Kier alpha value is -0.580. The number of benzene rings is 1. The van der Waals surface area contributed by atoms with Crippen molar-refractivity contribution in [1.82, 2.24) is 5.32 Å². The number of carbonyl (C=O) groups excluding carboxylic acids is 1. The normalized spacial score (nSPS) is 10.2. The average Bonchev–Trinajstić information content (AvgIpc) is 2.22. The average molecular weight is 307 g/mol. The van der Waals surface area contributed by atoms with Crippen molar-refractivity contribution in [2.75, 3.05) is 20.3 Å². The van der Waals surface area contributed by atoms with E-state index < -0.39 is 0 Å². The zero-order chi connectivity index (χ0) is 12.0. The first kappa shape index (κ1) is 13.5. The highest BCUT2D eigenvalue weighted by molar-refractivity contribution is 9.10. The summed E-state index contributed by atoms with van der Waals surface area (Å²) in [4.78, 5) is 11.7. The third-order valence-electron chi connectivity index (χ3n) is 1.94. The lowest BCUT2D eigenvalue weighted by Crippen LogP contribution is -2.25. The summed E-state index contributed by atoms with van der Waals surface area (Å²) in [5.41, 5.74) is 0.553. The Morgan fingerprint density at radius 2 is 2.25 bits per heavy atom. The van der Waals surface area contributed by atoms with Crippen molar-refractivity contribution in [3.05, 3.63) is 33.3 Å². The van der Waals surface area contributed by atoms with Crippen LogP contribution >= 0.6 is 27.5 Å². The number of hydrogen-bond acceptors (Lipinski definition) is 2. The maximum Gasteiger partial charge on any atom is 0.251 e. The molecule has 0 saturated carbocycles. The largest absolute Gasteiger partial charge is 0.385 e. The molecule has 1 N–H and O–H groups in total. The van der Waals surface area contributed by atoms with Crippen LogP contribution in [0.15, 0.2) is 22.7 Å². The fourth-order valence-electron chi connectivity index (χ4n) is 1.21. The predicted molar refractivity (Wildman–Crippen MR) is 68.0 cm³/mol. The standard InChI is InChI=1S/C11H13BrClNO2/c1-16-4-2-3-14-11(15)8-5-9(12)7-10(13)6-8/h5-7H,2-4H2,1H3,(H,14,15). The fraction of sp³-hybridized carbons (Fsp3) is 0.364. The Bertz CT molecular complexity index is 351. The van der Waals surface area contributed by atoms with Crippen molar-refractivity contribution in [3.63, 3.8) is 0 Å². The van der Waals surface area contributed by atoms with E-state index >= 15 is 0 Å². The molecule has 0 unspecified atom stereocenters. The van der Waals surface area contributed by atoms with Gasteiger partial charge in [0.2, 0.25) is 0 Å². The van der Waals surface area contributed by atoms with Gasteiger partial charge in [0.25, 0.3) is 5.91 Å². The van der Waals surface area contributed by atoms with Gasteiger partial charge in [-0.05, 0) is 24.6 Å². The van der Waals surface area contributed by atoms with Crippen LogP contribution in [0.1, 0.15) is 16.8 Å². The first-order valence-corrected chi connectivity index (χ1v) is 6.04. The van der Waals surface area contributed by atoms with E-state index in [4.69, 9.17) is 16.3 Å². The molecule has 3 nitrogen and oxygen atoms in total. The first-order valence-electron chi connectivity index (χ1n) is 4.86. The van der Waals surface area contributed by atoms with Crippen molar-refractivity contribution in [2.24, 2.45) is 0 Å². The maximum absolute atomic E-state index is 11.7. The molecule has 0 aliphatic heterocycles. The molecule has 0 saturated heterocycles. The van der Waals surface area contributed by atoms with Crippen LogP contribution in [0.5, 0.6) is 0 Å². The molecule has 88 valence electrons. The van der Waals surface area contributed by atoms with Gasteiger partial charge in [-0.1, -0.05) is 27.5 Å². The molecule has 0 aliphatic carbocycles. The quantitative estimate of drug-likeness (QED) is 0.850. The van der Waals surface area contributed by atoms with Gasteiger partial charge in [-0.3, -0.25) is 4.79 Å². The topological polar surface area (TPSA) is 38.3 Å². The molecular formula is C11H13BrClNO2. The second kappa shape index (κ2) is 6.89. The van der Waals surface area contributed by atoms with E-state index in [0.29, 0.717) is 23.7 Å². The molecule has 1 amide bonds. The lowest BCUT2D eigenvalue weighted by Gasteiger charge is -2.05. The Morgan fingerprint density at radius 3 is 2.88 bits per heavy atom. The molecule has 1 aromatic carbocycles. The Kier molecular flexibility index (Phi) is 5.80. The number of amides is 1. The fourth-order valence-corrected chi connectivity index (χ4v) is 2.07. The summed E-state index contributed by atoms with van der Waals surface area (Å²) < 4.78 is 5.68. The zero-order valence-corrected chi connectivity index (χ0v) is 11.3. The molecule has 16 heavy (non-hydrogen) atoms. The Morgan fingerprint density at radius 1 is 1.50 bits per heavy atom. The molecule has 0 radical (unpaired) electrons. The van der Waals surface area contributed by atoms with Gasteiger partial charge in [-0.2, -0.15) is 0 Å². The molecule has 1 rings (SSSR count). The molecule has 1 aromatic rings. The highest BCUT2D eigenvalue weighted by Gasteiger charge is 2.06. The number of hydrogen-bond donors (Lipinski definition) is 1. The summed E-state index contributed by atoms with van der Waals surface area (Å²) in [7, 11) is 1.63. The smallest absolute Gasteiger partial charge is 0.251 e. The van der Waals surface area contributed by atoms with Crippen LogP contribution in [0.4, 0.5) is 0 Å². The highest BCUT2D eigenvalue weighted by atomic mass is 79.9. The van der Waals surface area contributed by atoms with Gasteiger partial charge in [0.15, 0.2) is 0 Å². The van der Waals surface area contributed by atoms with Crippen molar-refractivity contribution >= 4 is 33.4 Å². The lowest BCUT2D eigenvalue weighted by molar-refractivity contribution is 0.0948. The second-order valence-corrected chi connectivity index (χ2v) is 4.61. The second-order valence-electron chi connectivity index (χ2n) is 3.26. The number of nitrogens with one attached hydrogen (secondary N) is 1. The molecule has 0 aliphatic rings. The van der Waals surface area contributed by atoms with Crippen molar-refractivity contribution in [3.8, 4) is 0 Å². The highest BCUT2D eigenvalue weighted by Crippen LogP contribution is 2.19. The molecule has 0 bridgehead atoms. The number of carbonyl (C=O) groups is 1. The molecule has 0 spiro atoms. The minimum Gasteiger partial charge on any atom is -0.385 e.